The molecule has 2 N–H and O–H groups in total. The molecule has 164 valence electrons. The van der Waals surface area contributed by atoms with E-state index in [-0.39, 0.29) is 17.6 Å². The number of carboxylic acid groups (broad SMARTS) is 1. The molecule has 5 rings (SSSR count). The predicted molar refractivity (Wildman–Crippen MR) is 126 cm³/mol. The number of aromatic carboxylic acids is 1. The van der Waals surface area contributed by atoms with Gasteiger partial charge in [-0.05, 0) is 66.3 Å². The van der Waals surface area contributed by atoms with Crippen molar-refractivity contribution in [2.75, 3.05) is 0 Å². The van der Waals surface area contributed by atoms with Crippen molar-refractivity contribution in [3.63, 3.8) is 0 Å². The van der Waals surface area contributed by atoms with Crippen molar-refractivity contribution in [3.8, 4) is 11.3 Å². The van der Waals surface area contributed by atoms with E-state index in [1.807, 2.05) is 48.5 Å². The van der Waals surface area contributed by atoms with Gasteiger partial charge in [0.2, 0.25) is 0 Å². The summed E-state index contributed by atoms with van der Waals surface area (Å²) in [6.45, 7) is 0.576. The third-order valence-electron chi connectivity index (χ3n) is 5.61. The first kappa shape index (κ1) is 20.8. The molecule has 0 amide bonds. The molecule has 1 aliphatic heterocycles. The predicted octanol–water partition coefficient (Wildman–Crippen LogP) is 4.61. The van der Waals surface area contributed by atoms with Gasteiger partial charge >= 0.3 is 5.97 Å². The molecule has 0 unspecified atom stereocenters. The molecule has 1 aromatic carbocycles. The van der Waals surface area contributed by atoms with E-state index in [4.69, 9.17) is 16.6 Å². The van der Waals surface area contributed by atoms with Crippen LogP contribution in [0.5, 0.6) is 0 Å². The molecular weight excluding hydrogens is 436 g/mol. The zero-order chi connectivity index (χ0) is 22.8. The van der Waals surface area contributed by atoms with Crippen LogP contribution in [-0.4, -0.2) is 31.1 Å². The lowest BCUT2D eigenvalue weighted by molar-refractivity contribution is 0.0697. The largest absolute Gasteiger partial charge is 0.478 e. The van der Waals surface area contributed by atoms with E-state index in [0.29, 0.717) is 28.7 Å². The van der Waals surface area contributed by atoms with Crippen molar-refractivity contribution in [1.82, 2.24) is 20.2 Å². The van der Waals surface area contributed by atoms with E-state index >= 15 is 0 Å². The van der Waals surface area contributed by atoms with Crippen LogP contribution in [0.2, 0.25) is 0 Å². The number of aromatic nitrogens is 2. The monoisotopic (exact) mass is 456 g/mol. The first-order valence-corrected chi connectivity index (χ1v) is 10.8. The number of nitrogens with zero attached hydrogens (tertiary/aromatic N) is 3. The van der Waals surface area contributed by atoms with E-state index in [2.05, 4.69) is 20.2 Å². The molecule has 2 atom stereocenters. The van der Waals surface area contributed by atoms with Crippen LogP contribution in [0, 0.1) is 0 Å². The molecule has 8 heteroatoms. The topological polar surface area (TPSA) is 91.5 Å². The molecule has 0 saturated carbocycles. The molecular formula is C25H20N4O3S. The third kappa shape index (κ3) is 4.20. The number of furan rings is 1. The van der Waals surface area contributed by atoms with Crippen LogP contribution in [0.25, 0.3) is 11.3 Å². The molecule has 7 nitrogen and oxygen atoms in total. The zero-order valence-electron chi connectivity index (χ0n) is 17.5. The summed E-state index contributed by atoms with van der Waals surface area (Å²) in [5.74, 6) is 0.324. The minimum atomic E-state index is -0.979. The maximum Gasteiger partial charge on any atom is 0.335 e. The highest BCUT2D eigenvalue weighted by molar-refractivity contribution is 7.80. The lowest BCUT2D eigenvalue weighted by atomic mass is 10.0. The Hall–Kier alpha value is -4.04. The number of thiocarbonyl (C=S) groups is 1. The number of nitrogens with one attached hydrogen (secondary N) is 1. The minimum absolute atomic E-state index is 0.204. The van der Waals surface area contributed by atoms with Crippen LogP contribution in [-0.2, 0) is 6.54 Å². The van der Waals surface area contributed by atoms with Crippen molar-refractivity contribution >= 4 is 23.3 Å². The Bertz CT molecular complexity index is 1290. The van der Waals surface area contributed by atoms with Gasteiger partial charge in [-0.15, -0.1) is 0 Å². The van der Waals surface area contributed by atoms with Gasteiger partial charge in [-0.2, -0.15) is 0 Å². The summed E-state index contributed by atoms with van der Waals surface area (Å²) in [5.41, 5.74) is 2.83. The molecule has 3 aromatic heterocycles. The first-order valence-electron chi connectivity index (χ1n) is 10.4. The summed E-state index contributed by atoms with van der Waals surface area (Å²) >= 11 is 5.70. The summed E-state index contributed by atoms with van der Waals surface area (Å²) in [4.78, 5) is 22.1. The maximum absolute atomic E-state index is 11.4. The number of carboxylic acids is 1. The van der Waals surface area contributed by atoms with Gasteiger partial charge in [0.15, 0.2) is 5.11 Å². The van der Waals surface area contributed by atoms with Crippen LogP contribution < -0.4 is 5.32 Å². The second kappa shape index (κ2) is 8.84. The summed E-state index contributed by atoms with van der Waals surface area (Å²) in [6, 6.07) is 19.7. The Kier molecular flexibility index (Phi) is 5.58. The quantitative estimate of drug-likeness (QED) is 0.407. The summed E-state index contributed by atoms with van der Waals surface area (Å²) in [7, 11) is 0. The molecule has 4 aromatic rings. The van der Waals surface area contributed by atoms with E-state index < -0.39 is 5.97 Å². The minimum Gasteiger partial charge on any atom is -0.478 e. The Morgan fingerprint density at radius 3 is 2.67 bits per heavy atom. The molecule has 0 spiro atoms. The van der Waals surface area contributed by atoms with Crippen molar-refractivity contribution in [3.05, 3.63) is 108 Å². The fourth-order valence-corrected chi connectivity index (χ4v) is 4.35. The van der Waals surface area contributed by atoms with Crippen LogP contribution in [0.1, 0.15) is 39.5 Å². The van der Waals surface area contributed by atoms with Gasteiger partial charge in [-0.3, -0.25) is 9.97 Å². The standard InChI is InChI=1S/C25H20N4O3S/c30-24(31)18-5-3-4-17(14-18)20-7-8-21(32-20)23-22(19-6-1-2-11-27-19)28-25(33)29(23)15-16-9-12-26-13-10-16/h1-14,22-23H,15H2,(H,28,33)(H,30,31)/t22-,23-/m0/s1. The smallest absolute Gasteiger partial charge is 0.335 e. The van der Waals surface area contributed by atoms with Gasteiger partial charge in [0.05, 0.1) is 17.3 Å². The number of carbonyl (C=O) groups is 1. The lowest BCUT2D eigenvalue weighted by Gasteiger charge is -2.26. The third-order valence-corrected chi connectivity index (χ3v) is 5.96. The number of rotatable bonds is 6. The van der Waals surface area contributed by atoms with Crippen molar-refractivity contribution in [1.29, 1.82) is 0 Å². The Morgan fingerprint density at radius 2 is 1.91 bits per heavy atom. The van der Waals surface area contributed by atoms with Crippen LogP contribution in [0.4, 0.5) is 0 Å². The highest BCUT2D eigenvalue weighted by Gasteiger charge is 2.41. The van der Waals surface area contributed by atoms with Gasteiger partial charge in [0.1, 0.15) is 17.6 Å². The van der Waals surface area contributed by atoms with E-state index in [1.165, 1.54) is 0 Å². The lowest BCUT2D eigenvalue weighted by Crippen LogP contribution is -2.29. The number of benzene rings is 1. The maximum atomic E-state index is 11.4. The second-order valence-corrected chi connectivity index (χ2v) is 8.08. The highest BCUT2D eigenvalue weighted by atomic mass is 32.1. The van der Waals surface area contributed by atoms with Crippen LogP contribution in [0.3, 0.4) is 0 Å². The average Bonchev–Trinajstić information content (AvgIpc) is 3.45. The second-order valence-electron chi connectivity index (χ2n) is 7.70. The Morgan fingerprint density at radius 1 is 1.06 bits per heavy atom. The van der Waals surface area contributed by atoms with Crippen LogP contribution >= 0.6 is 12.2 Å². The molecule has 0 aliphatic carbocycles. The van der Waals surface area contributed by atoms with Crippen molar-refractivity contribution < 1.29 is 14.3 Å². The Balaban J connectivity index is 1.53. The molecule has 1 saturated heterocycles. The zero-order valence-corrected chi connectivity index (χ0v) is 18.3. The van der Waals surface area contributed by atoms with Gasteiger partial charge in [0, 0.05) is 30.7 Å². The molecule has 4 heterocycles. The van der Waals surface area contributed by atoms with E-state index in [1.54, 1.807) is 36.8 Å². The number of hydrogen-bond acceptors (Lipinski definition) is 5. The van der Waals surface area contributed by atoms with Gasteiger partial charge in [-0.1, -0.05) is 18.2 Å². The highest BCUT2D eigenvalue weighted by Crippen LogP contribution is 2.41. The summed E-state index contributed by atoms with van der Waals surface area (Å²) in [5, 5.41) is 13.3. The number of hydrogen-bond donors (Lipinski definition) is 2. The molecule has 0 bridgehead atoms. The van der Waals surface area contributed by atoms with E-state index in [0.717, 1.165) is 11.3 Å². The summed E-state index contributed by atoms with van der Waals surface area (Å²) in [6.07, 6.45) is 5.27. The van der Waals surface area contributed by atoms with Crippen LogP contribution in [0.15, 0.2) is 89.7 Å². The fourth-order valence-electron chi connectivity index (χ4n) is 4.04. The molecule has 1 aliphatic rings. The van der Waals surface area contributed by atoms with Gasteiger partial charge < -0.3 is 19.7 Å². The average molecular weight is 457 g/mol. The molecule has 0 radical (unpaired) electrons. The molecule has 33 heavy (non-hydrogen) atoms. The van der Waals surface area contributed by atoms with Crippen molar-refractivity contribution in [2.24, 2.45) is 0 Å². The first-order chi connectivity index (χ1) is 16.1. The van der Waals surface area contributed by atoms with Crippen molar-refractivity contribution in [2.45, 2.75) is 18.6 Å². The number of pyridine rings is 2. The fraction of sp³-hybridized carbons (Fsp3) is 0.120. The van der Waals surface area contributed by atoms with Gasteiger partial charge in [0.25, 0.3) is 0 Å². The van der Waals surface area contributed by atoms with E-state index in [9.17, 15) is 9.90 Å². The normalized spacial score (nSPS) is 17.7. The Labute approximate surface area is 195 Å². The SMILES string of the molecule is O=C(O)c1cccc(-c2ccc([C@H]3[C@H](c4ccccn4)NC(=S)N3Cc3ccncc3)o2)c1. The molecule has 1 fully saturated rings. The van der Waals surface area contributed by atoms with Gasteiger partial charge in [-0.25, -0.2) is 4.79 Å². The summed E-state index contributed by atoms with van der Waals surface area (Å²) < 4.78 is 6.28.